The van der Waals surface area contributed by atoms with Crippen LogP contribution in [0.2, 0.25) is 0 Å². The van der Waals surface area contributed by atoms with Crippen LogP contribution in [0.5, 0.6) is 0 Å². The molecule has 0 aromatic rings. The number of carbonyl (C=O) groups excluding carboxylic acids is 3. The van der Waals surface area contributed by atoms with Crippen LogP contribution in [-0.4, -0.2) is 107 Å². The van der Waals surface area contributed by atoms with Gasteiger partial charge in [0.25, 0.3) is 0 Å². The Labute approximate surface area is 269 Å². The molecule has 0 heterocycles. The minimum absolute atomic E-state index is 0.00310. The number of nitrogens with one attached hydrogen (secondary N) is 1. The second-order valence-corrected chi connectivity index (χ2v) is 12.6. The second kappa shape index (κ2) is 28.6. The third kappa shape index (κ3) is 28.8. The van der Waals surface area contributed by atoms with Crippen molar-refractivity contribution in [2.75, 3.05) is 73.4 Å². The van der Waals surface area contributed by atoms with E-state index >= 15 is 0 Å². The van der Waals surface area contributed by atoms with Crippen molar-refractivity contribution in [2.24, 2.45) is 0 Å². The highest BCUT2D eigenvalue weighted by atomic mass is 16.6. The number of unbranched alkanes of at least 4 members (excludes halogenated alkanes) is 12. The van der Waals surface area contributed by atoms with Crippen LogP contribution in [0.4, 0.5) is 4.79 Å². The fraction of sp³-hybridized carbons (Fsp3) is 0.912. The maximum atomic E-state index is 12.4. The molecular formula is C34H67N3O7. The molecule has 0 spiro atoms. The lowest BCUT2D eigenvalue weighted by Crippen LogP contribution is -2.37. The number of nitrogens with zero attached hydrogens (tertiary/aromatic N) is 2. The van der Waals surface area contributed by atoms with Crippen molar-refractivity contribution in [3.05, 3.63) is 0 Å². The van der Waals surface area contributed by atoms with Crippen molar-refractivity contribution in [3.8, 4) is 0 Å². The van der Waals surface area contributed by atoms with Crippen LogP contribution in [-0.2, 0) is 28.5 Å². The SMILES string of the molecule is CCCCCCCCCCCCCCCC(=O)N(C)CCN(C)C(=O)CCOCCOCCOCCNC(=O)OC(C)(C)C. The summed E-state index contributed by atoms with van der Waals surface area (Å²) in [6.07, 6.45) is 17.2. The Morgan fingerprint density at radius 3 is 1.45 bits per heavy atom. The number of hydrogen-bond acceptors (Lipinski definition) is 7. The van der Waals surface area contributed by atoms with Gasteiger partial charge >= 0.3 is 6.09 Å². The lowest BCUT2D eigenvalue weighted by Gasteiger charge is -2.22. The molecule has 1 N–H and O–H groups in total. The molecule has 3 amide bonds. The molecule has 0 aromatic heterocycles. The number of ether oxygens (including phenoxy) is 4. The largest absolute Gasteiger partial charge is 0.444 e. The van der Waals surface area contributed by atoms with E-state index in [2.05, 4.69) is 12.2 Å². The summed E-state index contributed by atoms with van der Waals surface area (Å²) in [5.41, 5.74) is -0.520. The van der Waals surface area contributed by atoms with E-state index < -0.39 is 11.7 Å². The molecule has 10 heteroatoms. The van der Waals surface area contributed by atoms with Gasteiger partial charge in [0.05, 0.1) is 46.1 Å². The molecule has 10 nitrogen and oxygen atoms in total. The number of hydrogen-bond donors (Lipinski definition) is 1. The average Bonchev–Trinajstić information content (AvgIpc) is 2.97. The van der Waals surface area contributed by atoms with Gasteiger partial charge in [-0.3, -0.25) is 9.59 Å². The predicted octanol–water partition coefficient (Wildman–Crippen LogP) is 6.35. The van der Waals surface area contributed by atoms with Crippen LogP contribution < -0.4 is 5.32 Å². The fourth-order valence-corrected chi connectivity index (χ4v) is 4.47. The first-order chi connectivity index (χ1) is 21.1. The molecule has 0 bridgehead atoms. The molecule has 260 valence electrons. The summed E-state index contributed by atoms with van der Waals surface area (Å²) in [7, 11) is 3.58. The van der Waals surface area contributed by atoms with Gasteiger partial charge in [-0.1, -0.05) is 84.0 Å². The molecule has 0 rings (SSSR count). The first-order valence-corrected chi connectivity index (χ1v) is 17.2. The third-order valence-corrected chi connectivity index (χ3v) is 7.24. The topological polar surface area (TPSA) is 107 Å². The summed E-state index contributed by atoms with van der Waals surface area (Å²) < 4.78 is 21.5. The molecule has 0 saturated heterocycles. The summed E-state index contributed by atoms with van der Waals surface area (Å²) >= 11 is 0. The molecular weight excluding hydrogens is 562 g/mol. The zero-order valence-electron chi connectivity index (χ0n) is 29.2. The van der Waals surface area contributed by atoms with E-state index in [-0.39, 0.29) is 11.8 Å². The van der Waals surface area contributed by atoms with Gasteiger partial charge in [0, 0.05) is 40.2 Å². The van der Waals surface area contributed by atoms with Crippen LogP contribution in [0, 0.1) is 0 Å². The molecule has 44 heavy (non-hydrogen) atoms. The predicted molar refractivity (Wildman–Crippen MR) is 177 cm³/mol. The highest BCUT2D eigenvalue weighted by Gasteiger charge is 2.15. The Balaban J connectivity index is 3.58. The summed E-state index contributed by atoms with van der Waals surface area (Å²) in [5.74, 6) is 0.150. The van der Waals surface area contributed by atoms with Crippen molar-refractivity contribution in [3.63, 3.8) is 0 Å². The van der Waals surface area contributed by atoms with E-state index in [9.17, 15) is 14.4 Å². The van der Waals surface area contributed by atoms with Crippen LogP contribution in [0.1, 0.15) is 124 Å². The first-order valence-electron chi connectivity index (χ1n) is 17.2. The van der Waals surface area contributed by atoms with E-state index in [4.69, 9.17) is 18.9 Å². The molecule has 0 radical (unpaired) electrons. The quantitative estimate of drug-likeness (QED) is 0.0962. The number of amides is 3. The summed E-state index contributed by atoms with van der Waals surface area (Å²) in [6.45, 7) is 11.5. The Bertz CT molecular complexity index is 715. The number of carbonyl (C=O) groups is 3. The second-order valence-electron chi connectivity index (χ2n) is 12.6. The van der Waals surface area contributed by atoms with E-state index in [1.54, 1.807) is 16.8 Å². The van der Waals surface area contributed by atoms with Gasteiger partial charge in [-0.15, -0.1) is 0 Å². The highest BCUT2D eigenvalue weighted by Crippen LogP contribution is 2.13. The molecule has 0 aliphatic rings. The van der Waals surface area contributed by atoms with Crippen LogP contribution in [0.25, 0.3) is 0 Å². The van der Waals surface area contributed by atoms with Crippen molar-refractivity contribution in [1.82, 2.24) is 15.1 Å². The van der Waals surface area contributed by atoms with Crippen LogP contribution in [0.3, 0.4) is 0 Å². The molecule has 0 aliphatic heterocycles. The van der Waals surface area contributed by atoms with E-state index in [0.29, 0.717) is 72.1 Å². The van der Waals surface area contributed by atoms with Gasteiger partial charge in [0.2, 0.25) is 11.8 Å². The molecule has 0 aromatic carbocycles. The molecule has 0 unspecified atom stereocenters. The number of likely N-dealkylation sites (N-methyl/N-ethyl adjacent to an activating group) is 2. The minimum atomic E-state index is -0.520. The van der Waals surface area contributed by atoms with Crippen molar-refractivity contribution in [2.45, 2.75) is 130 Å². The van der Waals surface area contributed by atoms with Crippen LogP contribution >= 0.6 is 0 Å². The van der Waals surface area contributed by atoms with Gasteiger partial charge < -0.3 is 34.1 Å². The molecule has 0 atom stereocenters. The summed E-state index contributed by atoms with van der Waals surface area (Å²) in [6, 6.07) is 0. The minimum Gasteiger partial charge on any atom is -0.444 e. The first kappa shape index (κ1) is 42.1. The number of rotatable bonds is 29. The molecule has 0 saturated carbocycles. The van der Waals surface area contributed by atoms with Gasteiger partial charge in [-0.2, -0.15) is 0 Å². The smallest absolute Gasteiger partial charge is 0.407 e. The van der Waals surface area contributed by atoms with E-state index in [1.165, 1.54) is 70.6 Å². The van der Waals surface area contributed by atoms with Gasteiger partial charge in [0.15, 0.2) is 0 Å². The van der Waals surface area contributed by atoms with E-state index in [1.807, 2.05) is 27.8 Å². The average molecular weight is 630 g/mol. The Kier molecular flexibility index (Phi) is 27.3. The highest BCUT2D eigenvalue weighted by molar-refractivity contribution is 5.77. The van der Waals surface area contributed by atoms with Crippen LogP contribution in [0.15, 0.2) is 0 Å². The van der Waals surface area contributed by atoms with Crippen molar-refractivity contribution in [1.29, 1.82) is 0 Å². The van der Waals surface area contributed by atoms with Gasteiger partial charge in [0.1, 0.15) is 5.60 Å². The fourth-order valence-electron chi connectivity index (χ4n) is 4.47. The normalized spacial score (nSPS) is 11.4. The van der Waals surface area contributed by atoms with Crippen molar-refractivity contribution >= 4 is 17.9 Å². The molecule has 0 fully saturated rings. The van der Waals surface area contributed by atoms with E-state index in [0.717, 1.165) is 12.8 Å². The molecule has 0 aliphatic carbocycles. The summed E-state index contributed by atoms with van der Waals surface area (Å²) in [4.78, 5) is 39.7. The zero-order valence-corrected chi connectivity index (χ0v) is 29.2. The van der Waals surface area contributed by atoms with Gasteiger partial charge in [-0.25, -0.2) is 4.79 Å². The Morgan fingerprint density at radius 2 is 0.977 bits per heavy atom. The Hall–Kier alpha value is -1.91. The Morgan fingerprint density at radius 1 is 0.568 bits per heavy atom. The monoisotopic (exact) mass is 629 g/mol. The maximum Gasteiger partial charge on any atom is 0.407 e. The van der Waals surface area contributed by atoms with Gasteiger partial charge in [-0.05, 0) is 27.2 Å². The zero-order chi connectivity index (χ0) is 32.9. The standard InChI is InChI=1S/C34H67N3O7/c1-7-8-9-10-11-12-13-14-15-16-17-18-19-20-31(38)36(5)23-24-37(6)32(39)21-25-41-27-29-43-30-28-42-26-22-35-33(40)44-34(2,3)4/h7-30H2,1-6H3,(H,35,40). The summed E-state index contributed by atoms with van der Waals surface area (Å²) in [5, 5.41) is 2.63. The lowest BCUT2D eigenvalue weighted by atomic mass is 10.0. The number of alkyl carbamates (subject to hydrolysis) is 1. The maximum absolute atomic E-state index is 12.4. The van der Waals surface area contributed by atoms with Crippen molar-refractivity contribution < 1.29 is 33.3 Å². The lowest BCUT2D eigenvalue weighted by molar-refractivity contribution is -0.134. The third-order valence-electron chi connectivity index (χ3n) is 7.24.